The molecule has 3 atom stereocenters. The quantitative estimate of drug-likeness (QED) is 0.0456. The molecule has 4 aromatic carbocycles. The predicted octanol–water partition coefficient (Wildman–Crippen LogP) is 9.62. The second-order valence-corrected chi connectivity index (χ2v) is 25.9. The number of nitrogens with zero attached hydrogens (tertiary/aromatic N) is 5. The zero-order chi connectivity index (χ0) is 59.4. The van der Waals surface area contributed by atoms with Crippen molar-refractivity contribution in [1.82, 2.24) is 10.6 Å². The Hall–Kier alpha value is -7.53. The van der Waals surface area contributed by atoms with Crippen molar-refractivity contribution in [3.63, 3.8) is 0 Å². The van der Waals surface area contributed by atoms with Gasteiger partial charge in [-0.25, -0.2) is 26.5 Å². The van der Waals surface area contributed by atoms with E-state index in [1.807, 2.05) is 112 Å². The second-order valence-electron chi connectivity index (χ2n) is 21.3. The minimum Gasteiger partial charge on any atom is -0.417 e. The van der Waals surface area contributed by atoms with Crippen molar-refractivity contribution in [3.8, 4) is 6.26 Å². The van der Waals surface area contributed by atoms with Crippen molar-refractivity contribution in [2.24, 2.45) is 0 Å². The van der Waals surface area contributed by atoms with Crippen molar-refractivity contribution in [3.05, 3.63) is 178 Å². The maximum Gasteiger partial charge on any atom is 0.287 e. The molecule has 0 aromatic heterocycles. The Balaban J connectivity index is 0.000000291. The summed E-state index contributed by atoms with van der Waals surface area (Å²) in [6.07, 6.45) is 4.64. The van der Waals surface area contributed by atoms with E-state index in [2.05, 4.69) is 71.6 Å². The number of hydrogen-bond donors (Lipinski definition) is 3. The number of amides is 2. The highest BCUT2D eigenvalue weighted by Gasteiger charge is 2.27. The zero-order valence-electron chi connectivity index (χ0n) is 47.6. The van der Waals surface area contributed by atoms with Crippen molar-refractivity contribution < 1.29 is 41.0 Å². The van der Waals surface area contributed by atoms with E-state index in [0.29, 0.717) is 38.3 Å². The molecule has 3 unspecified atom stereocenters. The normalized spacial score (nSPS) is 16.2. The molecule has 4 aromatic rings. The van der Waals surface area contributed by atoms with E-state index in [4.69, 9.17) is 27.9 Å². The molecule has 2 aliphatic rings. The molecule has 0 saturated carbocycles. The van der Waals surface area contributed by atoms with Crippen molar-refractivity contribution in [2.45, 2.75) is 98.1 Å². The van der Waals surface area contributed by atoms with Crippen LogP contribution in [-0.2, 0) is 49.8 Å². The lowest BCUT2D eigenvalue weighted by atomic mass is 9.79. The van der Waals surface area contributed by atoms with Gasteiger partial charge in [-0.1, -0.05) is 105 Å². The van der Waals surface area contributed by atoms with Crippen LogP contribution in [0.15, 0.2) is 122 Å². The maximum absolute atomic E-state index is 12.7. The minimum atomic E-state index is -2.94. The van der Waals surface area contributed by atoms with E-state index in [1.165, 1.54) is 11.6 Å². The van der Waals surface area contributed by atoms with Crippen LogP contribution in [0.2, 0.25) is 0 Å². The summed E-state index contributed by atoms with van der Waals surface area (Å²) in [5.74, 6) is -0.362. The first-order valence-electron chi connectivity index (χ1n) is 26.4. The van der Waals surface area contributed by atoms with Crippen LogP contribution in [0.4, 0.5) is 11.4 Å². The number of sulfone groups is 2. The van der Waals surface area contributed by atoms with E-state index in [9.17, 15) is 31.5 Å². The summed E-state index contributed by atoms with van der Waals surface area (Å²) in [4.78, 5) is 35.3. The van der Waals surface area contributed by atoms with E-state index in [0.717, 1.165) is 51.2 Å². The number of aliphatic hydroxyl groups is 1. The molecule has 3 N–H and O–H groups in total. The number of carbonyl (C=O) groups excluding carboxylic acids is 2. The summed E-state index contributed by atoms with van der Waals surface area (Å²) in [6, 6.07) is 31.0. The highest BCUT2D eigenvalue weighted by molar-refractivity contribution is 7.91. The van der Waals surface area contributed by atoms with Gasteiger partial charge in [-0.3, -0.25) is 9.59 Å². The molecule has 2 aliphatic heterocycles. The van der Waals surface area contributed by atoms with E-state index in [-0.39, 0.29) is 58.6 Å². The van der Waals surface area contributed by atoms with Crippen LogP contribution in [0.1, 0.15) is 102 Å². The smallest absolute Gasteiger partial charge is 0.287 e. The van der Waals surface area contributed by atoms with Crippen LogP contribution in [0.5, 0.6) is 0 Å². The Kier molecular flexibility index (Phi) is 24.1. The molecule has 2 fully saturated rings. The number of nitriles is 1. The molecule has 0 aliphatic carbocycles. The van der Waals surface area contributed by atoms with Gasteiger partial charge in [0.05, 0.1) is 54.5 Å². The van der Waals surface area contributed by atoms with Gasteiger partial charge in [-0.05, 0) is 136 Å². The number of ether oxygens (including phenoxy) is 2. The minimum absolute atomic E-state index is 0.00408. The number of benzene rings is 4. The molecule has 2 amide bonds. The third-order valence-electron chi connectivity index (χ3n) is 13.4. The van der Waals surface area contributed by atoms with Gasteiger partial charge in [-0.15, -0.1) is 0 Å². The van der Waals surface area contributed by atoms with Gasteiger partial charge in [0.2, 0.25) is 11.8 Å². The summed E-state index contributed by atoms with van der Waals surface area (Å²) in [6.45, 7) is 42.4. The molecular weight excluding hydrogens is 1050 g/mol. The maximum atomic E-state index is 12.7. The lowest BCUT2D eigenvalue weighted by Crippen LogP contribution is -2.40. The Bertz CT molecular complexity index is 3210. The summed E-state index contributed by atoms with van der Waals surface area (Å²) < 4.78 is 57.5. The fraction of sp³-hybridized carbons (Fsp3) is 0.403. The number of anilines is 2. The average molecular weight is 1130 g/mol. The lowest BCUT2D eigenvalue weighted by molar-refractivity contribution is -0.118. The Labute approximate surface area is 475 Å². The van der Waals surface area contributed by atoms with Gasteiger partial charge in [0.25, 0.3) is 17.6 Å². The molecule has 80 heavy (non-hydrogen) atoms. The lowest BCUT2D eigenvalue weighted by Gasteiger charge is -2.30. The number of rotatable bonds is 19. The van der Waals surface area contributed by atoms with Gasteiger partial charge in [-0.2, -0.15) is 5.26 Å². The van der Waals surface area contributed by atoms with E-state index < -0.39 is 43.2 Å². The van der Waals surface area contributed by atoms with Crippen molar-refractivity contribution in [2.75, 3.05) is 72.1 Å². The monoisotopic (exact) mass is 1130 g/mol. The number of carbonyl (C=O) groups is 2. The van der Waals surface area contributed by atoms with Crippen LogP contribution in [-0.4, -0.2) is 114 Å². The fourth-order valence-electron chi connectivity index (χ4n) is 8.64. The van der Waals surface area contributed by atoms with E-state index in [1.54, 1.807) is 31.4 Å². The molecule has 0 spiro atoms. The molecule has 0 radical (unpaired) electrons. The Morgan fingerprint density at radius 3 is 1.48 bits per heavy atom. The summed E-state index contributed by atoms with van der Waals surface area (Å²) in [5, 5.41) is 23.0. The standard InChI is InChI=1S/C32H41N3O4S.C17H21N3O4S.C13H15NO/c1-23(2)27-9-8-10-28(20-27)32(5,6)21-24(3)39-25(4)22-34-31(36)30(33-7)19-26-11-13-29(14-12-26)35-15-17-40(37,38)18-16-35;1-13(21)12-19-17(22)16(18-2)11-14-3-5-15(6-4-14)20-7-9-25(23,24)10-8-20;1-10(2)11-6-5-7-12(8-11)13(3,4)15-9-14/h8-14,19-20,24-25H,1,15-18,21-22H2,2-6H3,(H,34,36);3-6,11,13,21H,7-10,12H2,1H3,(H,19,22);5-8H,1H2,2-4H3/b30-19-;16-11-;. The largest absolute Gasteiger partial charge is 0.417 e. The van der Waals surface area contributed by atoms with E-state index >= 15 is 0 Å². The van der Waals surface area contributed by atoms with Crippen molar-refractivity contribution in [1.29, 1.82) is 5.26 Å². The summed E-state index contributed by atoms with van der Waals surface area (Å²) >= 11 is 0. The Morgan fingerprint density at radius 1 is 0.688 bits per heavy atom. The molecular formula is C62H77N7O9S2. The topological polar surface area (TPSA) is 204 Å². The second kappa shape index (κ2) is 29.6. The number of allylic oxidation sites excluding steroid dienone is 2. The highest BCUT2D eigenvalue weighted by Crippen LogP contribution is 2.32. The molecule has 2 heterocycles. The number of aliphatic hydroxyl groups excluding tert-OH is 1. The highest BCUT2D eigenvalue weighted by atomic mass is 32.2. The predicted molar refractivity (Wildman–Crippen MR) is 321 cm³/mol. The van der Waals surface area contributed by atoms with Crippen molar-refractivity contribution >= 4 is 66.2 Å². The van der Waals surface area contributed by atoms with Crippen LogP contribution in [0.3, 0.4) is 0 Å². The molecule has 18 heteroatoms. The first-order valence-corrected chi connectivity index (χ1v) is 30.0. The summed E-state index contributed by atoms with van der Waals surface area (Å²) in [5.41, 5.74) is 8.97. The first kappa shape index (κ1) is 65.0. The molecule has 6 rings (SSSR count). The van der Waals surface area contributed by atoms with Gasteiger partial charge in [0, 0.05) is 50.6 Å². The van der Waals surface area contributed by atoms with Crippen LogP contribution in [0.25, 0.3) is 33.0 Å². The van der Waals surface area contributed by atoms with Gasteiger partial charge in [0.1, 0.15) is 5.60 Å². The third-order valence-corrected chi connectivity index (χ3v) is 16.6. The molecule has 16 nitrogen and oxygen atoms in total. The number of hydrogen-bond acceptors (Lipinski definition) is 12. The van der Waals surface area contributed by atoms with Crippen LogP contribution >= 0.6 is 0 Å². The van der Waals surface area contributed by atoms with Crippen LogP contribution in [0, 0.1) is 24.7 Å². The Morgan fingerprint density at radius 2 is 1.09 bits per heavy atom. The first-order chi connectivity index (χ1) is 37.6. The van der Waals surface area contributed by atoms with Gasteiger partial charge < -0.3 is 35.0 Å². The number of nitrogens with one attached hydrogen (secondary N) is 2. The average Bonchev–Trinajstić information content (AvgIpc) is 3.41. The SMILES string of the molecule is C=C(C)c1cccc(C(C)(C)OC#N)c1.[C-]#[N+]/C(=C\c1ccc(N2CCS(=O)(=O)CC2)cc1)C(=O)NCC(C)O.[C-]#[N+]/C(=C\c1ccc(N2CCS(=O)(=O)CC2)cc1)C(=O)NCC(C)OC(C)CC(C)(C)c1cccc(C(=C)C)c1. The van der Waals surface area contributed by atoms with Gasteiger partial charge >= 0.3 is 0 Å². The molecule has 0 bridgehead atoms. The molecule has 426 valence electrons. The fourth-order valence-corrected chi connectivity index (χ4v) is 11.0. The molecule has 2 saturated heterocycles. The summed E-state index contributed by atoms with van der Waals surface area (Å²) in [7, 11) is -5.86. The third kappa shape index (κ3) is 20.9. The zero-order valence-corrected chi connectivity index (χ0v) is 49.2. The van der Waals surface area contributed by atoms with Gasteiger partial charge in [0.15, 0.2) is 19.7 Å². The van der Waals surface area contributed by atoms with Crippen LogP contribution < -0.4 is 20.4 Å².